The van der Waals surface area contributed by atoms with Crippen molar-refractivity contribution in [3.63, 3.8) is 0 Å². The first kappa shape index (κ1) is 13.0. The number of nitrogens with one attached hydrogen (secondary N) is 1. The van der Waals surface area contributed by atoms with Gasteiger partial charge in [0.25, 0.3) is 0 Å². The van der Waals surface area contributed by atoms with Crippen molar-refractivity contribution in [2.75, 3.05) is 0 Å². The molecule has 1 aromatic rings. The van der Waals surface area contributed by atoms with Crippen molar-refractivity contribution in [3.05, 3.63) is 52.8 Å². The lowest BCUT2D eigenvalue weighted by Crippen LogP contribution is -2.32. The normalized spacial score (nSPS) is 19.9. The Bertz CT molecular complexity index is 503. The second-order valence-corrected chi connectivity index (χ2v) is 4.29. The summed E-state index contributed by atoms with van der Waals surface area (Å²) in [4.78, 5) is 0. The third kappa shape index (κ3) is 2.68. The average molecular weight is 275 g/mol. The monoisotopic (exact) mass is 274 g/mol. The van der Waals surface area contributed by atoms with E-state index in [2.05, 4.69) is 5.32 Å². The van der Waals surface area contributed by atoms with Crippen molar-refractivity contribution in [1.82, 2.24) is 5.32 Å². The van der Waals surface area contributed by atoms with Gasteiger partial charge in [-0.05, 0) is 29.3 Å². The zero-order valence-corrected chi connectivity index (χ0v) is 9.89. The van der Waals surface area contributed by atoms with E-state index in [1.807, 2.05) is 0 Å². The highest BCUT2D eigenvalue weighted by Crippen LogP contribution is 2.29. The number of alkyl halides is 3. The van der Waals surface area contributed by atoms with E-state index in [0.717, 1.165) is 11.6 Å². The molecule has 0 fully saturated rings. The minimum atomic E-state index is -4.42. The molecule has 0 aliphatic carbocycles. The van der Waals surface area contributed by atoms with Crippen LogP contribution < -0.4 is 11.1 Å². The highest BCUT2D eigenvalue weighted by molar-refractivity contribution is 6.30. The molecule has 2 nitrogen and oxygen atoms in total. The fourth-order valence-corrected chi connectivity index (χ4v) is 1.79. The van der Waals surface area contributed by atoms with E-state index in [-0.39, 0.29) is 0 Å². The number of allylic oxidation sites excluding steroid dienone is 1. The predicted octanol–water partition coefficient (Wildman–Crippen LogP) is 3.06. The number of halogens is 4. The van der Waals surface area contributed by atoms with Crippen LogP contribution >= 0.6 is 11.6 Å². The lowest BCUT2D eigenvalue weighted by Gasteiger charge is -2.22. The Kier molecular flexibility index (Phi) is 3.36. The molecule has 1 atom stereocenters. The van der Waals surface area contributed by atoms with Crippen LogP contribution in [0.4, 0.5) is 13.2 Å². The van der Waals surface area contributed by atoms with Crippen molar-refractivity contribution in [3.8, 4) is 0 Å². The maximum atomic E-state index is 12.5. The summed E-state index contributed by atoms with van der Waals surface area (Å²) in [5.41, 5.74) is 6.19. The average Bonchev–Trinajstić information content (AvgIpc) is 2.29. The van der Waals surface area contributed by atoms with Crippen LogP contribution in [0.15, 0.2) is 42.2 Å². The highest BCUT2D eigenvalue weighted by atomic mass is 35.5. The lowest BCUT2D eigenvalue weighted by atomic mass is 9.97. The number of benzene rings is 1. The van der Waals surface area contributed by atoms with Crippen molar-refractivity contribution in [1.29, 1.82) is 0 Å². The summed E-state index contributed by atoms with van der Waals surface area (Å²) >= 11 is 5.74. The fourth-order valence-electron chi connectivity index (χ4n) is 1.66. The van der Waals surface area contributed by atoms with Crippen LogP contribution in [0.1, 0.15) is 5.56 Å². The molecule has 0 amide bonds. The van der Waals surface area contributed by atoms with E-state index >= 15 is 0 Å². The Hall–Kier alpha value is -1.46. The molecule has 1 heterocycles. The summed E-state index contributed by atoms with van der Waals surface area (Å²) in [5.74, 6) is 0. The van der Waals surface area contributed by atoms with Gasteiger partial charge in [-0.1, -0.05) is 23.7 Å². The van der Waals surface area contributed by atoms with Crippen LogP contribution in [-0.4, -0.2) is 12.2 Å². The summed E-state index contributed by atoms with van der Waals surface area (Å²) in [7, 11) is 0. The van der Waals surface area contributed by atoms with Crippen LogP contribution in [0.25, 0.3) is 5.57 Å². The second kappa shape index (κ2) is 4.66. The molecule has 0 aromatic heterocycles. The van der Waals surface area contributed by atoms with Gasteiger partial charge in [0.05, 0.1) is 6.04 Å². The molecule has 1 aliphatic heterocycles. The van der Waals surface area contributed by atoms with Gasteiger partial charge in [0.2, 0.25) is 0 Å². The van der Waals surface area contributed by atoms with Crippen molar-refractivity contribution in [2.45, 2.75) is 12.2 Å². The molecular formula is C12H10ClF3N2. The third-order valence-electron chi connectivity index (χ3n) is 2.57. The maximum absolute atomic E-state index is 12.5. The van der Waals surface area contributed by atoms with E-state index in [1.54, 1.807) is 24.3 Å². The second-order valence-electron chi connectivity index (χ2n) is 3.85. The standard InChI is InChI=1S/C12H10ClF3N2/c13-8-3-1-7(2-4-8)9-6-18-11(5-10(9)17)12(14,15)16/h1-6,10,18H,17H2. The van der Waals surface area contributed by atoms with Crippen LogP contribution in [0, 0.1) is 0 Å². The molecule has 6 heteroatoms. The van der Waals surface area contributed by atoms with E-state index in [0.29, 0.717) is 10.6 Å². The van der Waals surface area contributed by atoms with Gasteiger partial charge in [-0.25, -0.2) is 0 Å². The molecule has 1 aromatic carbocycles. The van der Waals surface area contributed by atoms with Gasteiger partial charge in [0.15, 0.2) is 0 Å². The summed E-state index contributed by atoms with van der Waals surface area (Å²) in [6.45, 7) is 0. The first-order chi connectivity index (χ1) is 8.38. The van der Waals surface area contributed by atoms with Gasteiger partial charge in [0.1, 0.15) is 5.70 Å². The predicted molar refractivity (Wildman–Crippen MR) is 64.7 cm³/mol. The first-order valence-corrected chi connectivity index (χ1v) is 5.53. The molecule has 1 unspecified atom stereocenters. The van der Waals surface area contributed by atoms with Gasteiger partial charge >= 0.3 is 6.18 Å². The van der Waals surface area contributed by atoms with Crippen molar-refractivity contribution in [2.24, 2.45) is 5.73 Å². The van der Waals surface area contributed by atoms with Crippen LogP contribution in [0.5, 0.6) is 0 Å². The summed E-state index contributed by atoms with van der Waals surface area (Å²) in [5, 5.41) is 2.77. The SMILES string of the molecule is NC1C=C(C(F)(F)F)NC=C1c1ccc(Cl)cc1. The molecule has 0 saturated carbocycles. The van der Waals surface area contributed by atoms with E-state index in [9.17, 15) is 13.2 Å². The van der Waals surface area contributed by atoms with Gasteiger partial charge in [-0.3, -0.25) is 0 Å². The van der Waals surface area contributed by atoms with E-state index in [1.165, 1.54) is 6.20 Å². The molecule has 0 bridgehead atoms. The minimum absolute atomic E-state index is 0.559. The van der Waals surface area contributed by atoms with Gasteiger partial charge in [-0.2, -0.15) is 13.2 Å². The smallest absolute Gasteiger partial charge is 0.358 e. The van der Waals surface area contributed by atoms with Gasteiger partial charge < -0.3 is 11.1 Å². The topological polar surface area (TPSA) is 38.0 Å². The number of rotatable bonds is 1. The summed E-state index contributed by atoms with van der Waals surface area (Å²) in [6.07, 6.45) is -2.18. The Morgan fingerprint density at radius 3 is 2.28 bits per heavy atom. The number of hydrogen-bond acceptors (Lipinski definition) is 2. The molecule has 96 valence electrons. The Morgan fingerprint density at radius 2 is 1.78 bits per heavy atom. The Morgan fingerprint density at radius 1 is 1.17 bits per heavy atom. The van der Waals surface area contributed by atoms with Crippen molar-refractivity contribution >= 4 is 17.2 Å². The Labute approximate surface area is 107 Å². The lowest BCUT2D eigenvalue weighted by molar-refractivity contribution is -0.0959. The van der Waals surface area contributed by atoms with E-state index < -0.39 is 17.9 Å². The molecule has 0 saturated heterocycles. The van der Waals surface area contributed by atoms with Gasteiger partial charge in [-0.15, -0.1) is 0 Å². The molecule has 2 rings (SSSR count). The largest absolute Gasteiger partial charge is 0.430 e. The number of dihydropyridines is 1. The quantitative estimate of drug-likeness (QED) is 0.826. The van der Waals surface area contributed by atoms with Gasteiger partial charge in [0, 0.05) is 11.2 Å². The van der Waals surface area contributed by atoms with Crippen molar-refractivity contribution < 1.29 is 13.2 Å². The number of nitrogens with two attached hydrogens (primary N) is 1. The van der Waals surface area contributed by atoms with Crippen LogP contribution in [-0.2, 0) is 0 Å². The minimum Gasteiger partial charge on any atom is -0.358 e. The first-order valence-electron chi connectivity index (χ1n) is 5.15. The third-order valence-corrected chi connectivity index (χ3v) is 2.82. The molecule has 0 radical (unpaired) electrons. The molecule has 0 spiro atoms. The fraction of sp³-hybridized carbons (Fsp3) is 0.167. The van der Waals surface area contributed by atoms with Crippen LogP contribution in [0.2, 0.25) is 5.02 Å². The summed E-state index contributed by atoms with van der Waals surface area (Å²) < 4.78 is 37.4. The molecule has 3 N–H and O–H groups in total. The Balaban J connectivity index is 2.24. The zero-order valence-electron chi connectivity index (χ0n) is 9.13. The van der Waals surface area contributed by atoms with E-state index in [4.69, 9.17) is 17.3 Å². The number of hydrogen-bond donors (Lipinski definition) is 2. The highest BCUT2D eigenvalue weighted by Gasteiger charge is 2.35. The molecular weight excluding hydrogens is 265 g/mol. The zero-order chi connectivity index (χ0) is 13.3. The summed E-state index contributed by atoms with van der Waals surface area (Å²) in [6, 6.07) is 5.94. The van der Waals surface area contributed by atoms with Crippen LogP contribution in [0.3, 0.4) is 0 Å². The molecule has 1 aliphatic rings. The molecule has 18 heavy (non-hydrogen) atoms. The maximum Gasteiger partial charge on any atom is 0.430 e.